The number of benzene rings is 1. The molecule has 0 unspecified atom stereocenters. The Bertz CT molecular complexity index is 361. The third kappa shape index (κ3) is 1.97. The molecule has 0 aliphatic rings. The van der Waals surface area contributed by atoms with E-state index in [-0.39, 0.29) is 11.1 Å². The van der Waals surface area contributed by atoms with Gasteiger partial charge in [0.15, 0.2) is 0 Å². The molecular weight excluding hydrogens is 189 g/mol. The minimum atomic E-state index is -4.31. The van der Waals surface area contributed by atoms with Crippen molar-refractivity contribution in [3.63, 3.8) is 0 Å². The van der Waals surface area contributed by atoms with E-state index in [9.17, 15) is 13.2 Å². The zero-order chi connectivity index (χ0) is 10.9. The van der Waals surface area contributed by atoms with E-state index >= 15 is 0 Å². The van der Waals surface area contributed by atoms with Crippen molar-refractivity contribution in [1.29, 1.82) is 0 Å². The van der Waals surface area contributed by atoms with Gasteiger partial charge in [0, 0.05) is 0 Å². The number of hydrogen-bond donors (Lipinski definition) is 0. The van der Waals surface area contributed by atoms with E-state index in [4.69, 9.17) is 0 Å². The smallest absolute Gasteiger partial charge is 0.166 e. The molecule has 0 saturated carbocycles. The first-order chi connectivity index (χ1) is 6.34. The van der Waals surface area contributed by atoms with Crippen LogP contribution in [0.1, 0.15) is 23.6 Å². The summed E-state index contributed by atoms with van der Waals surface area (Å²) < 4.78 is 37.9. The first-order valence-electron chi connectivity index (χ1n) is 4.16. The number of aryl methyl sites for hydroxylation is 1. The summed E-state index contributed by atoms with van der Waals surface area (Å²) in [4.78, 5) is 0. The SMILES string of the molecule is C=C(C)c1cccc(C)c1C(F)(F)F. The molecule has 0 radical (unpaired) electrons. The average molecular weight is 200 g/mol. The maximum atomic E-state index is 12.6. The van der Waals surface area contributed by atoms with Gasteiger partial charge in [-0.3, -0.25) is 0 Å². The molecule has 1 aromatic rings. The van der Waals surface area contributed by atoms with Crippen molar-refractivity contribution in [1.82, 2.24) is 0 Å². The highest BCUT2D eigenvalue weighted by Gasteiger charge is 2.34. The molecule has 0 saturated heterocycles. The number of halogens is 3. The lowest BCUT2D eigenvalue weighted by atomic mass is 9.97. The third-order valence-corrected chi connectivity index (χ3v) is 2.02. The maximum absolute atomic E-state index is 12.6. The highest BCUT2D eigenvalue weighted by Crippen LogP contribution is 2.36. The summed E-state index contributed by atoms with van der Waals surface area (Å²) in [5.41, 5.74) is 0.268. The van der Waals surface area contributed by atoms with Crippen LogP contribution in [0, 0.1) is 6.92 Å². The average Bonchev–Trinajstić information content (AvgIpc) is 2.01. The molecule has 14 heavy (non-hydrogen) atoms. The molecule has 0 bridgehead atoms. The molecule has 0 heterocycles. The fourth-order valence-electron chi connectivity index (χ4n) is 1.40. The summed E-state index contributed by atoms with van der Waals surface area (Å²) in [6.07, 6.45) is -4.31. The van der Waals surface area contributed by atoms with Crippen LogP contribution in [-0.2, 0) is 6.18 Å². The van der Waals surface area contributed by atoms with Gasteiger partial charge in [-0.15, -0.1) is 0 Å². The van der Waals surface area contributed by atoms with Crippen LogP contribution in [0.2, 0.25) is 0 Å². The Kier molecular flexibility index (Phi) is 2.69. The summed E-state index contributed by atoms with van der Waals surface area (Å²) in [7, 11) is 0. The van der Waals surface area contributed by atoms with Crippen LogP contribution < -0.4 is 0 Å². The van der Waals surface area contributed by atoms with Gasteiger partial charge >= 0.3 is 6.18 Å². The Balaban J connectivity index is 3.45. The Hall–Kier alpha value is -1.25. The Labute approximate surface area is 81.1 Å². The quantitative estimate of drug-likeness (QED) is 0.641. The Morgan fingerprint density at radius 2 is 1.86 bits per heavy atom. The number of allylic oxidation sites excluding steroid dienone is 1. The van der Waals surface area contributed by atoms with Gasteiger partial charge in [0.2, 0.25) is 0 Å². The van der Waals surface area contributed by atoms with Gasteiger partial charge in [-0.05, 0) is 25.0 Å². The van der Waals surface area contributed by atoms with Crippen molar-refractivity contribution in [3.8, 4) is 0 Å². The topological polar surface area (TPSA) is 0 Å². The highest BCUT2D eigenvalue weighted by atomic mass is 19.4. The lowest BCUT2D eigenvalue weighted by molar-refractivity contribution is -0.138. The van der Waals surface area contributed by atoms with Gasteiger partial charge in [0.1, 0.15) is 0 Å². The second kappa shape index (κ2) is 3.48. The van der Waals surface area contributed by atoms with Gasteiger partial charge in [0.05, 0.1) is 5.56 Å². The van der Waals surface area contributed by atoms with Crippen LogP contribution in [0.3, 0.4) is 0 Å². The monoisotopic (exact) mass is 200 g/mol. The molecule has 0 amide bonds. The molecule has 3 heteroatoms. The lowest BCUT2D eigenvalue weighted by Gasteiger charge is -2.15. The van der Waals surface area contributed by atoms with Crippen LogP contribution >= 0.6 is 0 Å². The molecular formula is C11H11F3. The molecule has 0 N–H and O–H groups in total. The summed E-state index contributed by atoms with van der Waals surface area (Å²) in [5.74, 6) is 0. The zero-order valence-electron chi connectivity index (χ0n) is 8.07. The highest BCUT2D eigenvalue weighted by molar-refractivity contribution is 5.66. The van der Waals surface area contributed by atoms with E-state index in [0.29, 0.717) is 5.57 Å². The summed E-state index contributed by atoms with van der Waals surface area (Å²) in [6, 6.07) is 4.50. The normalized spacial score (nSPS) is 11.5. The summed E-state index contributed by atoms with van der Waals surface area (Å²) in [5, 5.41) is 0. The summed E-state index contributed by atoms with van der Waals surface area (Å²) in [6.45, 7) is 6.57. The van der Waals surface area contributed by atoms with Gasteiger partial charge in [-0.2, -0.15) is 13.2 Å². The minimum absolute atomic E-state index is 0.178. The van der Waals surface area contributed by atoms with Gasteiger partial charge in [0.25, 0.3) is 0 Å². The predicted molar refractivity (Wildman–Crippen MR) is 50.9 cm³/mol. The second-order valence-corrected chi connectivity index (χ2v) is 3.28. The van der Waals surface area contributed by atoms with E-state index in [0.717, 1.165) is 0 Å². The first-order valence-corrected chi connectivity index (χ1v) is 4.16. The standard InChI is InChI=1S/C11H11F3/c1-7(2)9-6-4-5-8(3)10(9)11(12,13)14/h4-6H,1H2,2-3H3. The summed E-state index contributed by atoms with van der Waals surface area (Å²) >= 11 is 0. The molecule has 0 aliphatic carbocycles. The van der Waals surface area contributed by atoms with Crippen LogP contribution in [-0.4, -0.2) is 0 Å². The molecule has 0 atom stereocenters. The van der Waals surface area contributed by atoms with Crippen LogP contribution in [0.5, 0.6) is 0 Å². The van der Waals surface area contributed by atoms with Crippen LogP contribution in [0.15, 0.2) is 24.8 Å². The van der Waals surface area contributed by atoms with E-state index < -0.39 is 11.7 Å². The molecule has 1 aromatic carbocycles. The Morgan fingerprint density at radius 1 is 1.29 bits per heavy atom. The Morgan fingerprint density at radius 3 is 2.21 bits per heavy atom. The lowest BCUT2D eigenvalue weighted by Crippen LogP contribution is -2.10. The van der Waals surface area contributed by atoms with Crippen molar-refractivity contribution in [2.45, 2.75) is 20.0 Å². The number of alkyl halides is 3. The number of hydrogen-bond acceptors (Lipinski definition) is 0. The largest absolute Gasteiger partial charge is 0.417 e. The van der Waals surface area contributed by atoms with Crippen molar-refractivity contribution >= 4 is 5.57 Å². The molecule has 0 fully saturated rings. The van der Waals surface area contributed by atoms with Crippen LogP contribution in [0.4, 0.5) is 13.2 Å². The first kappa shape index (κ1) is 10.8. The van der Waals surface area contributed by atoms with Gasteiger partial charge in [-0.25, -0.2) is 0 Å². The van der Waals surface area contributed by atoms with E-state index in [1.54, 1.807) is 13.0 Å². The fourth-order valence-corrected chi connectivity index (χ4v) is 1.40. The van der Waals surface area contributed by atoms with Crippen molar-refractivity contribution in [2.24, 2.45) is 0 Å². The second-order valence-electron chi connectivity index (χ2n) is 3.28. The molecule has 76 valence electrons. The molecule has 0 nitrogen and oxygen atoms in total. The third-order valence-electron chi connectivity index (χ3n) is 2.02. The number of rotatable bonds is 1. The van der Waals surface area contributed by atoms with E-state index in [1.165, 1.54) is 19.1 Å². The van der Waals surface area contributed by atoms with Crippen molar-refractivity contribution in [2.75, 3.05) is 0 Å². The zero-order valence-corrected chi connectivity index (χ0v) is 8.07. The van der Waals surface area contributed by atoms with E-state index in [1.807, 2.05) is 0 Å². The fraction of sp³-hybridized carbons (Fsp3) is 0.273. The van der Waals surface area contributed by atoms with Gasteiger partial charge < -0.3 is 0 Å². The van der Waals surface area contributed by atoms with Crippen LogP contribution in [0.25, 0.3) is 5.57 Å². The predicted octanol–water partition coefficient (Wildman–Crippen LogP) is 4.05. The molecule has 0 aromatic heterocycles. The molecule has 1 rings (SSSR count). The molecule has 0 spiro atoms. The minimum Gasteiger partial charge on any atom is -0.166 e. The van der Waals surface area contributed by atoms with Crippen molar-refractivity contribution < 1.29 is 13.2 Å². The van der Waals surface area contributed by atoms with Crippen molar-refractivity contribution in [3.05, 3.63) is 41.5 Å². The maximum Gasteiger partial charge on any atom is 0.417 e. The van der Waals surface area contributed by atoms with Gasteiger partial charge in [-0.1, -0.05) is 30.4 Å². The van der Waals surface area contributed by atoms with E-state index in [2.05, 4.69) is 6.58 Å². The molecule has 0 aliphatic heterocycles.